The van der Waals surface area contributed by atoms with Crippen LogP contribution >= 0.6 is 0 Å². The van der Waals surface area contributed by atoms with Gasteiger partial charge in [-0.2, -0.15) is 5.10 Å². The highest BCUT2D eigenvalue weighted by Gasteiger charge is 2.21. The fourth-order valence-electron chi connectivity index (χ4n) is 2.79. The van der Waals surface area contributed by atoms with E-state index in [0.29, 0.717) is 5.69 Å². The smallest absolute Gasteiger partial charge is 0.339 e. The van der Waals surface area contributed by atoms with Crippen LogP contribution in [0.3, 0.4) is 0 Å². The number of aromatic carboxylic acids is 1. The highest BCUT2D eigenvalue weighted by Crippen LogP contribution is 2.35. The highest BCUT2D eigenvalue weighted by atomic mass is 16.4. The van der Waals surface area contributed by atoms with Gasteiger partial charge in [-0.25, -0.2) is 4.79 Å². The third-order valence-corrected chi connectivity index (χ3v) is 3.83. The van der Waals surface area contributed by atoms with Crippen LogP contribution < -0.4 is 0 Å². The number of fused-ring (bicyclic) bond motifs is 1. The number of aryl methyl sites for hydroxylation is 2. The van der Waals surface area contributed by atoms with E-state index in [-0.39, 0.29) is 5.56 Å². The molecule has 1 aromatic carbocycles. The largest absolute Gasteiger partial charge is 0.478 e. The van der Waals surface area contributed by atoms with E-state index in [1.807, 2.05) is 26.1 Å². The van der Waals surface area contributed by atoms with Crippen molar-refractivity contribution in [2.45, 2.75) is 13.8 Å². The van der Waals surface area contributed by atoms with Gasteiger partial charge in [-0.05, 0) is 19.4 Å². The lowest BCUT2D eigenvalue weighted by molar-refractivity contribution is 0.0698. The average Bonchev–Trinajstić information content (AvgIpc) is 2.95. The molecule has 0 aliphatic carbocycles. The Labute approximate surface area is 115 Å². The highest BCUT2D eigenvalue weighted by molar-refractivity contribution is 6.04. The minimum absolute atomic E-state index is 0.196. The standard InChI is InChI=1S/C15H15N3O2/c1-8-5-4-6-10-12(9(2)18(3)14(8)10)13-11(15(19)20)7-16-17-13/h4-7H,1-3H3,(H,16,17)(H,19,20). The molecule has 20 heavy (non-hydrogen) atoms. The van der Waals surface area contributed by atoms with E-state index in [1.54, 1.807) is 0 Å². The number of nitrogens with one attached hydrogen (secondary N) is 1. The molecule has 0 saturated heterocycles. The number of para-hydroxylation sites is 1. The Bertz CT molecular complexity index is 827. The Kier molecular flexibility index (Phi) is 2.64. The number of hydrogen-bond acceptors (Lipinski definition) is 2. The number of aromatic nitrogens is 3. The van der Waals surface area contributed by atoms with Gasteiger partial charge in [0.05, 0.1) is 17.4 Å². The molecule has 5 heteroatoms. The van der Waals surface area contributed by atoms with Crippen molar-refractivity contribution in [3.63, 3.8) is 0 Å². The maximum atomic E-state index is 11.3. The monoisotopic (exact) mass is 269 g/mol. The zero-order valence-electron chi connectivity index (χ0n) is 11.6. The summed E-state index contributed by atoms with van der Waals surface area (Å²) in [5.41, 5.74) is 4.96. The molecule has 0 radical (unpaired) electrons. The van der Waals surface area contributed by atoms with E-state index in [9.17, 15) is 9.90 Å². The average molecular weight is 269 g/mol. The first-order valence-corrected chi connectivity index (χ1v) is 6.34. The van der Waals surface area contributed by atoms with Gasteiger partial charge in [0, 0.05) is 23.7 Å². The molecule has 3 aromatic rings. The van der Waals surface area contributed by atoms with Crippen molar-refractivity contribution in [2.75, 3.05) is 0 Å². The number of rotatable bonds is 2. The molecule has 0 saturated carbocycles. The van der Waals surface area contributed by atoms with Crippen molar-refractivity contribution in [2.24, 2.45) is 7.05 Å². The van der Waals surface area contributed by atoms with Crippen LogP contribution in [0.5, 0.6) is 0 Å². The second-order valence-electron chi connectivity index (χ2n) is 4.95. The second-order valence-corrected chi connectivity index (χ2v) is 4.95. The number of H-pyrrole nitrogens is 1. The van der Waals surface area contributed by atoms with E-state index >= 15 is 0 Å². The van der Waals surface area contributed by atoms with Crippen molar-refractivity contribution in [3.8, 4) is 11.3 Å². The maximum Gasteiger partial charge on any atom is 0.339 e. The van der Waals surface area contributed by atoms with E-state index in [4.69, 9.17) is 0 Å². The molecule has 2 heterocycles. The van der Waals surface area contributed by atoms with Crippen LogP contribution in [0.2, 0.25) is 0 Å². The molecule has 0 bridgehead atoms. The molecular weight excluding hydrogens is 254 g/mol. The molecule has 0 amide bonds. The Morgan fingerprint density at radius 3 is 2.80 bits per heavy atom. The number of hydrogen-bond donors (Lipinski definition) is 2. The molecule has 5 nitrogen and oxygen atoms in total. The summed E-state index contributed by atoms with van der Waals surface area (Å²) in [5.74, 6) is -0.974. The molecule has 0 atom stereocenters. The molecule has 0 aliphatic rings. The van der Waals surface area contributed by atoms with E-state index in [1.165, 1.54) is 6.20 Å². The van der Waals surface area contributed by atoms with Gasteiger partial charge in [-0.1, -0.05) is 18.2 Å². The predicted molar refractivity (Wildman–Crippen MR) is 76.9 cm³/mol. The Hall–Kier alpha value is -2.56. The SMILES string of the molecule is Cc1cccc2c(-c3[nH]ncc3C(=O)O)c(C)n(C)c12. The molecule has 2 N–H and O–H groups in total. The van der Waals surface area contributed by atoms with E-state index < -0.39 is 5.97 Å². The van der Waals surface area contributed by atoms with Crippen molar-refractivity contribution < 1.29 is 9.90 Å². The second kappa shape index (κ2) is 4.23. The number of aromatic amines is 1. The fraction of sp³-hybridized carbons (Fsp3) is 0.200. The minimum Gasteiger partial charge on any atom is -0.478 e. The number of nitrogens with zero attached hydrogens (tertiary/aromatic N) is 2. The van der Waals surface area contributed by atoms with E-state index in [2.05, 4.69) is 27.8 Å². The van der Waals surface area contributed by atoms with Crippen molar-refractivity contribution >= 4 is 16.9 Å². The first-order valence-electron chi connectivity index (χ1n) is 6.34. The molecule has 0 unspecified atom stereocenters. The van der Waals surface area contributed by atoms with E-state index in [0.717, 1.165) is 27.7 Å². The van der Waals surface area contributed by atoms with Gasteiger partial charge in [-0.15, -0.1) is 0 Å². The topological polar surface area (TPSA) is 70.9 Å². The van der Waals surface area contributed by atoms with Crippen molar-refractivity contribution in [3.05, 3.63) is 41.2 Å². The Morgan fingerprint density at radius 1 is 1.35 bits per heavy atom. The first kappa shape index (κ1) is 12.5. The summed E-state index contributed by atoms with van der Waals surface area (Å²) in [5, 5.41) is 17.0. The lowest BCUT2D eigenvalue weighted by atomic mass is 10.0. The number of carboxylic acids is 1. The van der Waals surface area contributed by atoms with Crippen molar-refractivity contribution in [1.29, 1.82) is 0 Å². The minimum atomic E-state index is -0.974. The van der Waals surface area contributed by atoms with Gasteiger partial charge in [0.2, 0.25) is 0 Å². The zero-order valence-corrected chi connectivity index (χ0v) is 11.6. The summed E-state index contributed by atoms with van der Waals surface area (Å²) < 4.78 is 2.09. The van der Waals surface area contributed by atoms with Gasteiger partial charge in [0.1, 0.15) is 5.56 Å². The summed E-state index contributed by atoms with van der Waals surface area (Å²) in [7, 11) is 1.99. The third kappa shape index (κ3) is 1.56. The Balaban J connectivity index is 2.43. The van der Waals surface area contributed by atoms with Gasteiger partial charge in [-0.3, -0.25) is 5.10 Å². The summed E-state index contributed by atoms with van der Waals surface area (Å²) >= 11 is 0. The Morgan fingerprint density at radius 2 is 2.10 bits per heavy atom. The summed E-state index contributed by atoms with van der Waals surface area (Å²) in [4.78, 5) is 11.3. The van der Waals surface area contributed by atoms with Crippen LogP contribution in [-0.2, 0) is 7.05 Å². The molecule has 3 rings (SSSR count). The molecule has 0 aliphatic heterocycles. The normalized spacial score (nSPS) is 11.2. The lowest BCUT2D eigenvalue weighted by Gasteiger charge is -2.01. The molecular formula is C15H15N3O2. The van der Waals surface area contributed by atoms with Crippen LogP contribution in [0.15, 0.2) is 24.4 Å². The molecule has 0 spiro atoms. The molecule has 0 fully saturated rings. The number of carbonyl (C=O) groups is 1. The summed E-state index contributed by atoms with van der Waals surface area (Å²) in [6, 6.07) is 6.05. The lowest BCUT2D eigenvalue weighted by Crippen LogP contribution is -1.98. The number of carboxylic acid groups (broad SMARTS) is 1. The molecule has 102 valence electrons. The van der Waals surface area contributed by atoms with Crippen molar-refractivity contribution in [1.82, 2.24) is 14.8 Å². The zero-order chi connectivity index (χ0) is 14.4. The van der Waals surface area contributed by atoms with Gasteiger partial charge in [0.15, 0.2) is 0 Å². The van der Waals surface area contributed by atoms with Crippen LogP contribution in [-0.4, -0.2) is 25.8 Å². The van der Waals surface area contributed by atoms with Gasteiger partial charge in [0.25, 0.3) is 0 Å². The fourth-order valence-corrected chi connectivity index (χ4v) is 2.79. The number of benzene rings is 1. The van der Waals surface area contributed by atoms with Gasteiger partial charge >= 0.3 is 5.97 Å². The molecule has 2 aromatic heterocycles. The summed E-state index contributed by atoms with van der Waals surface area (Å²) in [6.07, 6.45) is 1.35. The van der Waals surface area contributed by atoms with Crippen LogP contribution in [0.4, 0.5) is 0 Å². The maximum absolute atomic E-state index is 11.3. The van der Waals surface area contributed by atoms with Gasteiger partial charge < -0.3 is 9.67 Å². The van der Waals surface area contributed by atoms with Crippen LogP contribution in [0, 0.1) is 13.8 Å². The van der Waals surface area contributed by atoms with Crippen LogP contribution in [0.25, 0.3) is 22.2 Å². The first-order chi connectivity index (χ1) is 9.52. The quantitative estimate of drug-likeness (QED) is 0.751. The van der Waals surface area contributed by atoms with Crippen LogP contribution in [0.1, 0.15) is 21.6 Å². The predicted octanol–water partition coefficient (Wildman–Crippen LogP) is 2.88. The third-order valence-electron chi connectivity index (χ3n) is 3.83. The summed E-state index contributed by atoms with van der Waals surface area (Å²) in [6.45, 7) is 4.04.